The maximum Gasteiger partial charge on any atom is 0.261 e. The molecule has 0 heterocycles. The summed E-state index contributed by atoms with van der Waals surface area (Å²) in [5.74, 6) is -0.558. The number of amides is 1. The fourth-order valence-electron chi connectivity index (χ4n) is 2.05. The molecular weight excluding hydrogens is 312 g/mol. The topological polar surface area (TPSA) is 89.3 Å². The molecule has 0 spiro atoms. The lowest BCUT2D eigenvalue weighted by Crippen LogP contribution is -2.15. The molecule has 0 aliphatic rings. The van der Waals surface area contributed by atoms with E-state index in [1.807, 2.05) is 12.1 Å². The summed E-state index contributed by atoms with van der Waals surface area (Å²) in [5, 5.41) is 0. The SMILES string of the molecule is CC(C)(C)c1ccc(S(=O)(=O)Nc2ccc(C(N)=O)cc2)cc1. The van der Waals surface area contributed by atoms with Crippen molar-refractivity contribution in [3.63, 3.8) is 0 Å². The van der Waals surface area contributed by atoms with Gasteiger partial charge < -0.3 is 5.73 Å². The predicted molar refractivity (Wildman–Crippen MR) is 90.9 cm³/mol. The van der Waals surface area contributed by atoms with Gasteiger partial charge in [-0.25, -0.2) is 8.42 Å². The highest BCUT2D eigenvalue weighted by Crippen LogP contribution is 2.24. The molecule has 5 nitrogen and oxygen atoms in total. The van der Waals surface area contributed by atoms with Gasteiger partial charge in [0.05, 0.1) is 4.90 Å². The fraction of sp³-hybridized carbons (Fsp3) is 0.235. The fourth-order valence-corrected chi connectivity index (χ4v) is 3.11. The van der Waals surface area contributed by atoms with E-state index in [1.54, 1.807) is 12.1 Å². The Labute approximate surface area is 136 Å². The Morgan fingerprint density at radius 3 is 1.91 bits per heavy atom. The van der Waals surface area contributed by atoms with Gasteiger partial charge in [-0.2, -0.15) is 0 Å². The van der Waals surface area contributed by atoms with Crippen LogP contribution in [0.15, 0.2) is 53.4 Å². The van der Waals surface area contributed by atoms with Crippen LogP contribution in [0.25, 0.3) is 0 Å². The van der Waals surface area contributed by atoms with Gasteiger partial charge in [0, 0.05) is 11.3 Å². The molecule has 0 fully saturated rings. The van der Waals surface area contributed by atoms with Gasteiger partial charge in [0.2, 0.25) is 5.91 Å². The van der Waals surface area contributed by atoms with Crippen molar-refractivity contribution >= 4 is 21.6 Å². The van der Waals surface area contributed by atoms with Crippen molar-refractivity contribution in [3.05, 3.63) is 59.7 Å². The summed E-state index contributed by atoms with van der Waals surface area (Å²) in [6.45, 7) is 6.19. The van der Waals surface area contributed by atoms with E-state index in [0.717, 1.165) is 5.56 Å². The first-order valence-corrected chi connectivity index (χ1v) is 8.61. The molecule has 1 amide bonds. The van der Waals surface area contributed by atoms with Crippen LogP contribution in [0.4, 0.5) is 5.69 Å². The second-order valence-corrected chi connectivity index (χ2v) is 8.00. The number of hydrogen-bond acceptors (Lipinski definition) is 3. The molecule has 2 aromatic rings. The van der Waals surface area contributed by atoms with E-state index in [1.165, 1.54) is 24.3 Å². The molecule has 0 aromatic heterocycles. The molecule has 0 bridgehead atoms. The van der Waals surface area contributed by atoms with Gasteiger partial charge in [0.1, 0.15) is 0 Å². The number of nitrogens with one attached hydrogen (secondary N) is 1. The molecule has 0 aliphatic carbocycles. The lowest BCUT2D eigenvalue weighted by atomic mass is 9.87. The largest absolute Gasteiger partial charge is 0.366 e. The molecule has 0 saturated heterocycles. The Hall–Kier alpha value is -2.34. The van der Waals surface area contributed by atoms with Crippen LogP contribution in [0, 0.1) is 0 Å². The van der Waals surface area contributed by atoms with Gasteiger partial charge in [-0.1, -0.05) is 32.9 Å². The summed E-state index contributed by atoms with van der Waals surface area (Å²) >= 11 is 0. The number of anilines is 1. The second-order valence-electron chi connectivity index (χ2n) is 6.32. The van der Waals surface area contributed by atoms with Gasteiger partial charge in [0.15, 0.2) is 0 Å². The minimum Gasteiger partial charge on any atom is -0.366 e. The molecule has 0 atom stereocenters. The van der Waals surface area contributed by atoms with Crippen LogP contribution in [-0.2, 0) is 15.4 Å². The summed E-state index contributed by atoms with van der Waals surface area (Å²) in [4.78, 5) is 11.2. The van der Waals surface area contributed by atoms with Crippen LogP contribution in [0.3, 0.4) is 0 Å². The van der Waals surface area contributed by atoms with Crippen molar-refractivity contribution in [1.82, 2.24) is 0 Å². The predicted octanol–water partition coefficient (Wildman–Crippen LogP) is 2.88. The number of carbonyl (C=O) groups excluding carboxylic acids is 1. The molecular formula is C17H20N2O3S. The van der Waals surface area contributed by atoms with Crippen LogP contribution in [0.1, 0.15) is 36.7 Å². The Bertz CT molecular complexity index is 802. The summed E-state index contributed by atoms with van der Waals surface area (Å²) < 4.78 is 27.2. The van der Waals surface area contributed by atoms with Gasteiger partial charge in [-0.15, -0.1) is 0 Å². The maximum atomic E-state index is 12.4. The van der Waals surface area contributed by atoms with Crippen molar-refractivity contribution in [2.45, 2.75) is 31.1 Å². The Balaban J connectivity index is 2.23. The van der Waals surface area contributed by atoms with Crippen molar-refractivity contribution in [2.75, 3.05) is 4.72 Å². The summed E-state index contributed by atoms with van der Waals surface area (Å²) in [6, 6.07) is 12.7. The molecule has 23 heavy (non-hydrogen) atoms. The third-order valence-electron chi connectivity index (χ3n) is 3.45. The number of nitrogens with two attached hydrogens (primary N) is 1. The number of sulfonamides is 1. The number of primary amides is 1. The minimum atomic E-state index is -3.67. The standard InChI is InChI=1S/C17H20N2O3S/c1-17(2,3)13-6-10-15(11-7-13)23(21,22)19-14-8-4-12(5-9-14)16(18)20/h4-11,19H,1-3H3,(H2,18,20). The highest BCUT2D eigenvalue weighted by Gasteiger charge is 2.17. The highest BCUT2D eigenvalue weighted by molar-refractivity contribution is 7.92. The quantitative estimate of drug-likeness (QED) is 0.902. The highest BCUT2D eigenvalue weighted by atomic mass is 32.2. The third kappa shape index (κ3) is 4.10. The molecule has 0 radical (unpaired) electrons. The number of carbonyl (C=O) groups is 1. The molecule has 6 heteroatoms. The molecule has 122 valence electrons. The van der Waals surface area contributed by atoms with E-state index >= 15 is 0 Å². The minimum absolute atomic E-state index is 0.0414. The van der Waals surface area contributed by atoms with Crippen LogP contribution >= 0.6 is 0 Å². The maximum absolute atomic E-state index is 12.4. The Morgan fingerprint density at radius 2 is 1.48 bits per heavy atom. The first kappa shape index (κ1) is 17.0. The monoisotopic (exact) mass is 332 g/mol. The smallest absolute Gasteiger partial charge is 0.261 e. The number of hydrogen-bond donors (Lipinski definition) is 2. The Kier molecular flexibility index (Phi) is 4.47. The second kappa shape index (κ2) is 6.04. The van der Waals surface area contributed by atoms with Gasteiger partial charge in [-0.05, 0) is 47.4 Å². The van der Waals surface area contributed by atoms with Gasteiger partial charge in [-0.3, -0.25) is 9.52 Å². The molecule has 0 unspecified atom stereocenters. The first-order valence-electron chi connectivity index (χ1n) is 7.13. The normalized spacial score (nSPS) is 12.0. The molecule has 3 N–H and O–H groups in total. The van der Waals surface area contributed by atoms with E-state index in [4.69, 9.17) is 5.73 Å². The van der Waals surface area contributed by atoms with E-state index < -0.39 is 15.9 Å². The lowest BCUT2D eigenvalue weighted by molar-refractivity contribution is 0.100. The van der Waals surface area contributed by atoms with E-state index in [0.29, 0.717) is 11.3 Å². The summed E-state index contributed by atoms with van der Waals surface area (Å²) in [5.41, 5.74) is 6.86. The summed E-state index contributed by atoms with van der Waals surface area (Å²) in [7, 11) is -3.67. The molecule has 2 aromatic carbocycles. The van der Waals surface area contributed by atoms with Crippen LogP contribution in [0.2, 0.25) is 0 Å². The number of rotatable bonds is 4. The Morgan fingerprint density at radius 1 is 0.957 bits per heavy atom. The number of benzene rings is 2. The van der Waals surface area contributed by atoms with Gasteiger partial charge in [0.25, 0.3) is 10.0 Å². The average Bonchev–Trinajstić information content (AvgIpc) is 2.46. The lowest BCUT2D eigenvalue weighted by Gasteiger charge is -2.19. The van der Waals surface area contributed by atoms with E-state index in [9.17, 15) is 13.2 Å². The average molecular weight is 332 g/mol. The van der Waals surface area contributed by atoms with Crippen LogP contribution < -0.4 is 10.5 Å². The van der Waals surface area contributed by atoms with Crippen molar-refractivity contribution in [1.29, 1.82) is 0 Å². The molecule has 2 rings (SSSR count). The van der Waals surface area contributed by atoms with E-state index in [-0.39, 0.29) is 10.3 Å². The molecule has 0 aliphatic heterocycles. The van der Waals surface area contributed by atoms with Crippen molar-refractivity contribution in [3.8, 4) is 0 Å². The zero-order chi connectivity index (χ0) is 17.3. The zero-order valence-electron chi connectivity index (χ0n) is 13.3. The van der Waals surface area contributed by atoms with Crippen LogP contribution in [-0.4, -0.2) is 14.3 Å². The molecule has 0 saturated carbocycles. The van der Waals surface area contributed by atoms with Crippen molar-refractivity contribution < 1.29 is 13.2 Å². The van der Waals surface area contributed by atoms with Crippen molar-refractivity contribution in [2.24, 2.45) is 5.73 Å². The summed E-state index contributed by atoms with van der Waals surface area (Å²) in [6.07, 6.45) is 0. The third-order valence-corrected chi connectivity index (χ3v) is 4.85. The van der Waals surface area contributed by atoms with E-state index in [2.05, 4.69) is 25.5 Å². The zero-order valence-corrected chi connectivity index (χ0v) is 14.1. The first-order chi connectivity index (χ1) is 10.6. The van der Waals surface area contributed by atoms with Gasteiger partial charge >= 0.3 is 0 Å². The van der Waals surface area contributed by atoms with Crippen LogP contribution in [0.5, 0.6) is 0 Å².